The van der Waals surface area contributed by atoms with Crippen LogP contribution in [0.5, 0.6) is 0 Å². The number of aromatic nitrogens is 2. The molecule has 4 aromatic carbocycles. The summed E-state index contributed by atoms with van der Waals surface area (Å²) in [6.45, 7) is 4.40. The molecule has 0 saturated carbocycles. The Labute approximate surface area is 244 Å². The number of rotatable bonds is 8. The molecule has 6 rings (SSSR count). The Hall–Kier alpha value is -5.04. The molecule has 1 aromatic heterocycles. The van der Waals surface area contributed by atoms with Crippen LogP contribution in [0.2, 0.25) is 0 Å². The quantitative estimate of drug-likeness (QED) is 0.219. The van der Waals surface area contributed by atoms with Gasteiger partial charge in [0.25, 0.3) is 0 Å². The molecule has 1 aliphatic heterocycles. The molecule has 42 heavy (non-hydrogen) atoms. The number of carboxylic acids is 1. The summed E-state index contributed by atoms with van der Waals surface area (Å²) in [5, 5.41) is 16.6. The Morgan fingerprint density at radius 2 is 1.64 bits per heavy atom. The highest BCUT2D eigenvalue weighted by molar-refractivity contribution is 6.06. The molecule has 1 amide bonds. The minimum atomic E-state index is -0.963. The van der Waals surface area contributed by atoms with Gasteiger partial charge in [-0.3, -0.25) is 9.36 Å². The zero-order valence-corrected chi connectivity index (χ0v) is 23.7. The minimum absolute atomic E-state index is 0.00860. The molecular weight excluding hydrogens is 524 g/mol. The maximum Gasteiger partial charge on any atom is 0.336 e. The van der Waals surface area contributed by atoms with Crippen LogP contribution in [0, 0.1) is 6.92 Å². The van der Waals surface area contributed by atoms with Gasteiger partial charge >= 0.3 is 5.97 Å². The van der Waals surface area contributed by atoms with Crippen LogP contribution in [-0.4, -0.2) is 37.3 Å². The van der Waals surface area contributed by atoms with E-state index in [1.54, 1.807) is 5.01 Å². The fourth-order valence-electron chi connectivity index (χ4n) is 5.73. The Morgan fingerprint density at radius 1 is 0.905 bits per heavy atom. The van der Waals surface area contributed by atoms with Gasteiger partial charge < -0.3 is 5.11 Å². The molecule has 7 heteroatoms. The number of hydrogen-bond donors (Lipinski definition) is 1. The summed E-state index contributed by atoms with van der Waals surface area (Å²) < 4.78 is 2.09. The van der Waals surface area contributed by atoms with E-state index in [-0.39, 0.29) is 11.5 Å². The molecular formula is C35H32N4O3. The molecule has 0 fully saturated rings. The van der Waals surface area contributed by atoms with E-state index < -0.39 is 5.97 Å². The highest BCUT2D eigenvalue weighted by Crippen LogP contribution is 2.33. The van der Waals surface area contributed by atoms with Crippen LogP contribution >= 0.6 is 0 Å². The van der Waals surface area contributed by atoms with Crippen molar-refractivity contribution in [3.05, 3.63) is 119 Å². The summed E-state index contributed by atoms with van der Waals surface area (Å²) in [5.74, 6) is -0.0765. The van der Waals surface area contributed by atoms with Crippen LogP contribution in [0.1, 0.15) is 59.1 Å². The van der Waals surface area contributed by atoms with E-state index in [2.05, 4.69) is 17.6 Å². The Bertz CT molecular complexity index is 1820. The maximum absolute atomic E-state index is 12.7. The number of aryl methyl sites for hydroxylation is 1. The van der Waals surface area contributed by atoms with E-state index in [0.29, 0.717) is 30.5 Å². The third-order valence-corrected chi connectivity index (χ3v) is 7.79. The van der Waals surface area contributed by atoms with E-state index in [4.69, 9.17) is 10.1 Å². The molecule has 7 nitrogen and oxygen atoms in total. The van der Waals surface area contributed by atoms with Gasteiger partial charge in [-0.15, -0.1) is 0 Å². The van der Waals surface area contributed by atoms with Crippen LogP contribution in [0.4, 0.5) is 0 Å². The predicted molar refractivity (Wildman–Crippen MR) is 165 cm³/mol. The van der Waals surface area contributed by atoms with Crippen molar-refractivity contribution in [2.24, 2.45) is 5.10 Å². The molecule has 5 aromatic rings. The third kappa shape index (κ3) is 5.09. The number of carbonyl (C=O) groups is 2. The van der Waals surface area contributed by atoms with Gasteiger partial charge in [0.05, 0.1) is 34.5 Å². The predicted octanol–water partition coefficient (Wildman–Crippen LogP) is 7.18. The first-order chi connectivity index (χ1) is 20.4. The molecule has 1 aliphatic rings. The van der Waals surface area contributed by atoms with Crippen molar-refractivity contribution in [3.63, 3.8) is 0 Å². The second kappa shape index (κ2) is 11.4. The molecule has 2 heterocycles. The zero-order valence-electron chi connectivity index (χ0n) is 23.7. The molecule has 0 atom stereocenters. The first kappa shape index (κ1) is 27.1. The monoisotopic (exact) mass is 556 g/mol. The molecule has 0 bridgehead atoms. The summed E-state index contributed by atoms with van der Waals surface area (Å²) in [4.78, 5) is 30.3. The highest BCUT2D eigenvalue weighted by atomic mass is 16.4. The van der Waals surface area contributed by atoms with E-state index in [1.807, 2.05) is 91.9 Å². The van der Waals surface area contributed by atoms with Crippen molar-refractivity contribution in [2.75, 3.05) is 0 Å². The van der Waals surface area contributed by atoms with Crippen molar-refractivity contribution in [3.8, 4) is 16.8 Å². The van der Waals surface area contributed by atoms with Crippen LogP contribution in [0.25, 0.3) is 27.8 Å². The molecule has 1 N–H and O–H groups in total. The number of carbonyl (C=O) groups excluding carboxylic acids is 1. The second-order valence-electron chi connectivity index (χ2n) is 10.6. The van der Waals surface area contributed by atoms with Crippen molar-refractivity contribution < 1.29 is 14.7 Å². The largest absolute Gasteiger partial charge is 0.478 e. The lowest BCUT2D eigenvalue weighted by Crippen LogP contribution is -2.31. The maximum atomic E-state index is 12.7. The van der Waals surface area contributed by atoms with Crippen molar-refractivity contribution in [1.82, 2.24) is 14.6 Å². The number of amides is 1. The van der Waals surface area contributed by atoms with Gasteiger partial charge in [-0.1, -0.05) is 79.7 Å². The standard InChI is InChI=1S/C35H32N4O3/c1-3-10-32-36-29-17-15-26(28-18-20-33(40)38(37-28)22-24-11-6-4-7-12-24)21-31(29)39(32)30-19-16-27(25-13-8-5-9-14-25)34(23(30)2)35(41)42/h4-9,11-17,19,21H,3,10,18,20,22H2,1-2H3,(H,41,42). The minimum Gasteiger partial charge on any atom is -0.478 e. The lowest BCUT2D eigenvalue weighted by Gasteiger charge is -2.24. The van der Waals surface area contributed by atoms with Gasteiger partial charge in [0, 0.05) is 19.3 Å². The van der Waals surface area contributed by atoms with Gasteiger partial charge in [0.15, 0.2) is 0 Å². The number of benzene rings is 4. The van der Waals surface area contributed by atoms with Gasteiger partial charge in [-0.2, -0.15) is 5.10 Å². The van der Waals surface area contributed by atoms with Gasteiger partial charge in [0.1, 0.15) is 5.82 Å². The number of aromatic carboxylic acids is 1. The summed E-state index contributed by atoms with van der Waals surface area (Å²) in [7, 11) is 0. The Balaban J connectivity index is 1.47. The second-order valence-corrected chi connectivity index (χ2v) is 10.6. The summed E-state index contributed by atoms with van der Waals surface area (Å²) >= 11 is 0. The molecule has 0 radical (unpaired) electrons. The van der Waals surface area contributed by atoms with Crippen LogP contribution in [0.15, 0.2) is 96.1 Å². The van der Waals surface area contributed by atoms with Gasteiger partial charge in [-0.25, -0.2) is 14.8 Å². The summed E-state index contributed by atoms with van der Waals surface area (Å²) in [6, 6.07) is 29.4. The summed E-state index contributed by atoms with van der Waals surface area (Å²) in [6.07, 6.45) is 2.59. The number of fused-ring (bicyclic) bond motifs is 1. The van der Waals surface area contributed by atoms with E-state index in [9.17, 15) is 14.7 Å². The third-order valence-electron chi connectivity index (χ3n) is 7.79. The Kier molecular flexibility index (Phi) is 7.40. The number of carboxylic acid groups (broad SMARTS) is 1. The molecule has 0 spiro atoms. The molecule has 0 unspecified atom stereocenters. The average molecular weight is 557 g/mol. The normalized spacial score (nSPS) is 13.4. The van der Waals surface area contributed by atoms with Crippen LogP contribution in [-0.2, 0) is 17.8 Å². The van der Waals surface area contributed by atoms with E-state index in [0.717, 1.165) is 57.8 Å². The Morgan fingerprint density at radius 3 is 2.36 bits per heavy atom. The lowest BCUT2D eigenvalue weighted by atomic mass is 9.94. The fourth-order valence-corrected chi connectivity index (χ4v) is 5.73. The van der Waals surface area contributed by atoms with E-state index >= 15 is 0 Å². The number of hydrazone groups is 1. The number of hydrogen-bond acceptors (Lipinski definition) is 4. The first-order valence-electron chi connectivity index (χ1n) is 14.3. The van der Waals surface area contributed by atoms with Gasteiger partial charge in [-0.05, 0) is 59.4 Å². The van der Waals surface area contributed by atoms with E-state index in [1.165, 1.54) is 0 Å². The fraction of sp³-hybridized carbons (Fsp3) is 0.200. The van der Waals surface area contributed by atoms with Crippen molar-refractivity contribution >= 4 is 28.6 Å². The molecule has 210 valence electrons. The first-order valence-corrected chi connectivity index (χ1v) is 14.3. The number of imidazole rings is 1. The average Bonchev–Trinajstić information content (AvgIpc) is 3.36. The lowest BCUT2D eigenvalue weighted by molar-refractivity contribution is -0.132. The van der Waals surface area contributed by atoms with Crippen LogP contribution in [0.3, 0.4) is 0 Å². The molecule has 0 saturated heterocycles. The van der Waals surface area contributed by atoms with Crippen LogP contribution < -0.4 is 0 Å². The summed E-state index contributed by atoms with van der Waals surface area (Å²) in [5.41, 5.74) is 7.82. The van der Waals surface area contributed by atoms with Crippen molar-refractivity contribution in [2.45, 2.75) is 46.1 Å². The zero-order chi connectivity index (χ0) is 29.2. The molecule has 0 aliphatic carbocycles. The van der Waals surface area contributed by atoms with Crippen molar-refractivity contribution in [1.29, 1.82) is 0 Å². The smallest absolute Gasteiger partial charge is 0.336 e. The van der Waals surface area contributed by atoms with Gasteiger partial charge in [0.2, 0.25) is 5.91 Å². The SMILES string of the molecule is CCCc1nc2ccc(C3=NN(Cc4ccccc4)C(=O)CC3)cc2n1-c1ccc(-c2ccccc2)c(C(=O)O)c1C. The topological polar surface area (TPSA) is 87.8 Å². The highest BCUT2D eigenvalue weighted by Gasteiger charge is 2.24. The number of nitrogens with zero attached hydrogens (tertiary/aromatic N) is 4.